The van der Waals surface area contributed by atoms with E-state index >= 15 is 0 Å². The molecule has 3 aromatic carbocycles. The second-order valence-corrected chi connectivity index (χ2v) is 8.06. The number of nitrogens with one attached hydrogen (secondary N) is 4. The van der Waals surface area contributed by atoms with Crippen LogP contribution in [0, 0.1) is 0 Å². The maximum absolute atomic E-state index is 12.6. The molecule has 11 heteroatoms. The molecule has 0 fully saturated rings. The molecule has 0 aliphatic heterocycles. The highest BCUT2D eigenvalue weighted by Gasteiger charge is 2.17. The molecule has 196 valence electrons. The zero-order valence-corrected chi connectivity index (χ0v) is 21.1. The summed E-state index contributed by atoms with van der Waals surface area (Å²) in [6, 6.07) is 15.8. The number of rotatable bonds is 8. The van der Waals surface area contributed by atoms with Crippen molar-refractivity contribution in [2.75, 3.05) is 32.0 Å². The van der Waals surface area contributed by atoms with E-state index in [0.29, 0.717) is 28.5 Å². The standard InChI is InChI=1S/C27H26N4O7/c1-15(30-31-27(34)26(33)29-19-12-16(35-2)9-10-22(19)36-3)11-25(32)28-20-14-23-18(13-24(20)37-4)17-7-5-6-8-21(17)38-23/h5-14,30H,1-4H3,(H,28,32)(H,29,33)(H,31,34). The quantitative estimate of drug-likeness (QED) is 0.157. The van der Waals surface area contributed by atoms with E-state index in [1.807, 2.05) is 24.3 Å². The maximum atomic E-state index is 12.6. The Morgan fingerprint density at radius 1 is 0.737 bits per heavy atom. The minimum Gasteiger partial charge on any atom is -0.497 e. The molecule has 0 bridgehead atoms. The first-order chi connectivity index (χ1) is 18.3. The lowest BCUT2D eigenvalue weighted by Crippen LogP contribution is -2.43. The van der Waals surface area contributed by atoms with Gasteiger partial charge in [-0.1, -0.05) is 18.2 Å². The van der Waals surface area contributed by atoms with E-state index in [2.05, 4.69) is 21.5 Å². The predicted molar refractivity (Wildman–Crippen MR) is 142 cm³/mol. The summed E-state index contributed by atoms with van der Waals surface area (Å²) in [5, 5.41) is 6.98. The number of methoxy groups -OCH3 is 3. The molecule has 4 N–H and O–H groups in total. The van der Waals surface area contributed by atoms with Gasteiger partial charge in [-0.3, -0.25) is 19.8 Å². The molecule has 0 atom stereocenters. The summed E-state index contributed by atoms with van der Waals surface area (Å²) >= 11 is 0. The van der Waals surface area contributed by atoms with Crippen molar-refractivity contribution in [2.45, 2.75) is 6.92 Å². The zero-order chi connectivity index (χ0) is 27.2. The van der Waals surface area contributed by atoms with Crippen LogP contribution in [0.15, 0.2) is 70.8 Å². The number of amides is 3. The lowest BCUT2D eigenvalue weighted by Gasteiger charge is -2.13. The number of ether oxygens (including phenoxy) is 3. The highest BCUT2D eigenvalue weighted by Crippen LogP contribution is 2.36. The lowest BCUT2D eigenvalue weighted by molar-refractivity contribution is -0.136. The molecule has 0 aliphatic rings. The molecule has 4 aromatic rings. The third kappa shape index (κ3) is 5.62. The van der Waals surface area contributed by atoms with E-state index < -0.39 is 17.7 Å². The zero-order valence-electron chi connectivity index (χ0n) is 21.1. The Bertz CT molecular complexity index is 1560. The Kier molecular flexibility index (Phi) is 7.66. The van der Waals surface area contributed by atoms with Gasteiger partial charge in [0.15, 0.2) is 0 Å². The number of benzene rings is 3. The van der Waals surface area contributed by atoms with Gasteiger partial charge in [0.2, 0.25) is 5.91 Å². The number of para-hydroxylation sites is 1. The SMILES string of the molecule is COc1ccc(OC)c(NC(=O)C(=O)NNC(C)=CC(=O)Nc2cc3oc4ccccc4c3cc2OC)c1. The van der Waals surface area contributed by atoms with E-state index in [-0.39, 0.29) is 11.4 Å². The Morgan fingerprint density at radius 3 is 2.21 bits per heavy atom. The third-order valence-electron chi connectivity index (χ3n) is 5.54. The molecule has 1 heterocycles. The van der Waals surface area contributed by atoms with Crippen molar-refractivity contribution < 1.29 is 33.0 Å². The summed E-state index contributed by atoms with van der Waals surface area (Å²) in [7, 11) is 4.41. The van der Waals surface area contributed by atoms with Gasteiger partial charge in [-0.2, -0.15) is 0 Å². The smallest absolute Gasteiger partial charge is 0.327 e. The first-order valence-corrected chi connectivity index (χ1v) is 11.4. The number of hydrazine groups is 1. The van der Waals surface area contributed by atoms with Crippen molar-refractivity contribution in [3.8, 4) is 17.2 Å². The molecule has 0 aliphatic carbocycles. The van der Waals surface area contributed by atoms with Crippen LogP contribution in [-0.2, 0) is 14.4 Å². The Morgan fingerprint density at radius 2 is 1.47 bits per heavy atom. The average Bonchev–Trinajstić information content (AvgIpc) is 3.28. The van der Waals surface area contributed by atoms with E-state index in [4.69, 9.17) is 18.6 Å². The summed E-state index contributed by atoms with van der Waals surface area (Å²) in [6.07, 6.45) is 1.21. The molecule has 38 heavy (non-hydrogen) atoms. The van der Waals surface area contributed by atoms with Crippen molar-refractivity contribution in [2.24, 2.45) is 0 Å². The molecule has 4 rings (SSSR count). The molecule has 0 saturated heterocycles. The molecule has 0 spiro atoms. The van der Waals surface area contributed by atoms with Crippen molar-refractivity contribution in [1.82, 2.24) is 10.9 Å². The molecule has 0 radical (unpaired) electrons. The summed E-state index contributed by atoms with van der Waals surface area (Å²) in [5.41, 5.74) is 7.01. The van der Waals surface area contributed by atoms with Crippen LogP contribution in [-0.4, -0.2) is 39.1 Å². The van der Waals surface area contributed by atoms with Gasteiger partial charge in [0.05, 0.1) is 32.7 Å². The van der Waals surface area contributed by atoms with E-state index in [9.17, 15) is 14.4 Å². The van der Waals surface area contributed by atoms with Crippen molar-refractivity contribution in [3.63, 3.8) is 0 Å². The normalized spacial score (nSPS) is 11.1. The Labute approximate surface area is 217 Å². The highest BCUT2D eigenvalue weighted by atomic mass is 16.5. The molecule has 0 saturated carbocycles. The predicted octanol–water partition coefficient (Wildman–Crippen LogP) is 3.71. The summed E-state index contributed by atoms with van der Waals surface area (Å²) in [5.74, 6) is -1.16. The third-order valence-corrected chi connectivity index (χ3v) is 5.54. The lowest BCUT2D eigenvalue weighted by atomic mass is 10.1. The molecule has 11 nitrogen and oxygen atoms in total. The number of hydrogen-bond donors (Lipinski definition) is 4. The van der Waals surface area contributed by atoms with Crippen LogP contribution in [0.4, 0.5) is 11.4 Å². The average molecular weight is 519 g/mol. The van der Waals surface area contributed by atoms with Crippen LogP contribution in [0.1, 0.15) is 6.92 Å². The largest absolute Gasteiger partial charge is 0.497 e. The van der Waals surface area contributed by atoms with Crippen molar-refractivity contribution in [1.29, 1.82) is 0 Å². The van der Waals surface area contributed by atoms with Crippen LogP contribution in [0.25, 0.3) is 21.9 Å². The van der Waals surface area contributed by atoms with Crippen LogP contribution in [0.5, 0.6) is 17.2 Å². The molecule has 0 unspecified atom stereocenters. The fourth-order valence-corrected chi connectivity index (χ4v) is 3.72. The minimum atomic E-state index is -0.986. The first kappa shape index (κ1) is 25.9. The van der Waals surface area contributed by atoms with Gasteiger partial charge in [0.1, 0.15) is 28.4 Å². The highest BCUT2D eigenvalue weighted by molar-refractivity contribution is 6.39. The molecular weight excluding hydrogens is 492 g/mol. The summed E-state index contributed by atoms with van der Waals surface area (Å²) in [4.78, 5) is 37.2. The summed E-state index contributed by atoms with van der Waals surface area (Å²) in [6.45, 7) is 1.54. The van der Waals surface area contributed by atoms with E-state index in [0.717, 1.165) is 16.4 Å². The van der Waals surface area contributed by atoms with Crippen LogP contribution in [0.3, 0.4) is 0 Å². The number of allylic oxidation sites excluding steroid dienone is 1. The molecule has 1 aromatic heterocycles. The van der Waals surface area contributed by atoms with Crippen LogP contribution >= 0.6 is 0 Å². The Hall–Kier alpha value is -5.19. The van der Waals surface area contributed by atoms with Gasteiger partial charge in [0, 0.05) is 34.7 Å². The number of anilines is 2. The van der Waals surface area contributed by atoms with Gasteiger partial charge >= 0.3 is 11.8 Å². The first-order valence-electron chi connectivity index (χ1n) is 11.4. The number of furan rings is 1. The number of hydrogen-bond acceptors (Lipinski definition) is 8. The maximum Gasteiger partial charge on any atom is 0.327 e. The van der Waals surface area contributed by atoms with Gasteiger partial charge in [0.25, 0.3) is 0 Å². The fraction of sp³-hybridized carbons (Fsp3) is 0.148. The number of carbonyl (C=O) groups excluding carboxylic acids is 3. The van der Waals surface area contributed by atoms with Gasteiger partial charge in [-0.15, -0.1) is 0 Å². The second-order valence-electron chi connectivity index (χ2n) is 8.06. The minimum absolute atomic E-state index is 0.258. The van der Waals surface area contributed by atoms with Gasteiger partial charge < -0.3 is 34.7 Å². The van der Waals surface area contributed by atoms with Crippen LogP contribution < -0.4 is 35.7 Å². The van der Waals surface area contributed by atoms with Gasteiger partial charge in [-0.25, -0.2) is 0 Å². The monoisotopic (exact) mass is 518 g/mol. The topological polar surface area (TPSA) is 140 Å². The van der Waals surface area contributed by atoms with Crippen LogP contribution in [0.2, 0.25) is 0 Å². The Balaban J connectivity index is 1.39. The fourth-order valence-electron chi connectivity index (χ4n) is 3.72. The summed E-state index contributed by atoms with van der Waals surface area (Å²) < 4.78 is 21.6. The second kappa shape index (κ2) is 11.2. The number of fused-ring (bicyclic) bond motifs is 3. The molecule has 3 amide bonds. The van der Waals surface area contributed by atoms with Gasteiger partial charge in [-0.05, 0) is 31.2 Å². The van der Waals surface area contributed by atoms with E-state index in [1.54, 1.807) is 31.2 Å². The molecular formula is C27H26N4O7. The van der Waals surface area contributed by atoms with E-state index in [1.165, 1.54) is 33.5 Å². The van der Waals surface area contributed by atoms with Crippen molar-refractivity contribution in [3.05, 3.63) is 66.4 Å². The number of carbonyl (C=O) groups is 3. The van der Waals surface area contributed by atoms with Crippen molar-refractivity contribution >= 4 is 51.0 Å².